The van der Waals surface area contributed by atoms with E-state index in [1.807, 2.05) is 13.8 Å². The minimum atomic E-state index is -3.03. The van der Waals surface area contributed by atoms with Crippen LogP contribution in [0.15, 0.2) is 0 Å². The highest BCUT2D eigenvalue weighted by molar-refractivity contribution is 7.91. The molecule has 1 rings (SSSR count). The normalized spacial score (nSPS) is 20.8. The van der Waals surface area contributed by atoms with Crippen molar-refractivity contribution in [2.75, 3.05) is 37.7 Å². The Labute approximate surface area is 126 Å². The van der Waals surface area contributed by atoms with E-state index in [-0.39, 0.29) is 48.7 Å². The van der Waals surface area contributed by atoms with E-state index in [0.717, 1.165) is 0 Å². The lowest BCUT2D eigenvalue weighted by Gasteiger charge is -2.23. The van der Waals surface area contributed by atoms with Crippen molar-refractivity contribution >= 4 is 21.7 Å². The Balaban J connectivity index is 2.27. The number of nitrogens with zero attached hydrogens (tertiary/aromatic N) is 1. The molecule has 21 heavy (non-hydrogen) atoms. The van der Waals surface area contributed by atoms with Crippen molar-refractivity contribution in [3.63, 3.8) is 0 Å². The molecular weight excluding hydrogens is 294 g/mol. The van der Waals surface area contributed by atoms with E-state index in [2.05, 4.69) is 10.6 Å². The van der Waals surface area contributed by atoms with Gasteiger partial charge >= 0.3 is 0 Å². The maximum Gasteiger partial charge on any atom is 0.224 e. The zero-order valence-corrected chi connectivity index (χ0v) is 13.5. The first-order chi connectivity index (χ1) is 9.88. The third kappa shape index (κ3) is 6.43. The van der Waals surface area contributed by atoms with Gasteiger partial charge in [0, 0.05) is 45.1 Å². The zero-order valence-electron chi connectivity index (χ0n) is 12.7. The summed E-state index contributed by atoms with van der Waals surface area (Å²) in [5, 5.41) is 5.70. The van der Waals surface area contributed by atoms with Crippen LogP contribution < -0.4 is 10.6 Å². The Morgan fingerprint density at radius 1 is 1.29 bits per heavy atom. The van der Waals surface area contributed by atoms with E-state index in [1.54, 1.807) is 4.90 Å². The fraction of sp³-hybridized carbons (Fsp3) is 0.846. The molecule has 1 unspecified atom stereocenters. The van der Waals surface area contributed by atoms with E-state index in [9.17, 15) is 18.0 Å². The molecule has 122 valence electrons. The summed E-state index contributed by atoms with van der Waals surface area (Å²) < 4.78 is 22.9. The first-order valence-electron chi connectivity index (χ1n) is 7.36. The van der Waals surface area contributed by atoms with Crippen molar-refractivity contribution in [1.82, 2.24) is 15.5 Å². The van der Waals surface area contributed by atoms with Gasteiger partial charge in [0.05, 0.1) is 11.5 Å². The monoisotopic (exact) mass is 319 g/mol. The summed E-state index contributed by atoms with van der Waals surface area (Å²) in [7, 11) is -3.03. The molecule has 7 nitrogen and oxygen atoms in total. The van der Waals surface area contributed by atoms with Crippen molar-refractivity contribution in [3.05, 3.63) is 0 Å². The summed E-state index contributed by atoms with van der Waals surface area (Å²) in [6.07, 6.45) is 0.391. The summed E-state index contributed by atoms with van der Waals surface area (Å²) in [5.74, 6) is -0.0851. The fourth-order valence-corrected chi connectivity index (χ4v) is 3.78. The van der Waals surface area contributed by atoms with E-state index in [0.29, 0.717) is 19.6 Å². The molecule has 1 aliphatic heterocycles. The van der Waals surface area contributed by atoms with Gasteiger partial charge in [0.15, 0.2) is 9.84 Å². The molecule has 8 heteroatoms. The fourth-order valence-electron chi connectivity index (χ4n) is 2.34. The number of hydrogen-bond donors (Lipinski definition) is 2. The van der Waals surface area contributed by atoms with E-state index >= 15 is 0 Å². The summed E-state index contributed by atoms with van der Waals surface area (Å²) in [5.41, 5.74) is 0. The highest BCUT2D eigenvalue weighted by atomic mass is 32.2. The highest BCUT2D eigenvalue weighted by Crippen LogP contribution is 2.04. The molecule has 0 radical (unpaired) electrons. The van der Waals surface area contributed by atoms with Gasteiger partial charge in [-0.25, -0.2) is 8.42 Å². The van der Waals surface area contributed by atoms with Gasteiger partial charge in [-0.1, -0.05) is 0 Å². The molecule has 1 saturated heterocycles. The molecule has 1 heterocycles. The number of carbonyl (C=O) groups excluding carboxylic acids is 2. The maximum absolute atomic E-state index is 11.7. The summed E-state index contributed by atoms with van der Waals surface area (Å²) in [6, 6.07) is -0.331. The highest BCUT2D eigenvalue weighted by Gasteiger charge is 2.25. The third-order valence-electron chi connectivity index (χ3n) is 3.51. The van der Waals surface area contributed by atoms with Crippen LogP contribution in [0.1, 0.15) is 26.7 Å². The molecule has 2 amide bonds. The van der Waals surface area contributed by atoms with Gasteiger partial charge < -0.3 is 15.5 Å². The molecular formula is C13H25N3O4S. The molecule has 0 bridgehead atoms. The lowest BCUT2D eigenvalue weighted by Crippen LogP contribution is -2.47. The Bertz CT molecular complexity index is 460. The van der Waals surface area contributed by atoms with Crippen molar-refractivity contribution in [2.45, 2.75) is 32.7 Å². The average Bonchev–Trinajstić information content (AvgIpc) is 2.38. The van der Waals surface area contributed by atoms with Gasteiger partial charge in [-0.3, -0.25) is 9.59 Å². The van der Waals surface area contributed by atoms with Gasteiger partial charge in [-0.15, -0.1) is 0 Å². The number of nitrogens with one attached hydrogen (secondary N) is 2. The van der Waals surface area contributed by atoms with Gasteiger partial charge in [-0.2, -0.15) is 0 Å². The number of hydrogen-bond acceptors (Lipinski definition) is 5. The predicted octanol–water partition coefficient (Wildman–Crippen LogP) is -0.862. The molecule has 2 N–H and O–H groups in total. The Morgan fingerprint density at radius 2 is 1.95 bits per heavy atom. The molecule has 0 aromatic rings. The average molecular weight is 319 g/mol. The van der Waals surface area contributed by atoms with Crippen LogP contribution in [0.4, 0.5) is 0 Å². The van der Waals surface area contributed by atoms with E-state index in [1.165, 1.54) is 0 Å². The quantitative estimate of drug-likeness (QED) is 0.636. The molecule has 1 fully saturated rings. The topological polar surface area (TPSA) is 95.6 Å². The smallest absolute Gasteiger partial charge is 0.224 e. The van der Waals surface area contributed by atoms with E-state index in [4.69, 9.17) is 0 Å². The maximum atomic E-state index is 11.7. The third-order valence-corrected chi connectivity index (χ3v) is 5.25. The molecule has 1 aliphatic rings. The van der Waals surface area contributed by atoms with Gasteiger partial charge in [-0.05, 0) is 13.8 Å². The summed E-state index contributed by atoms with van der Waals surface area (Å²) in [6.45, 7) is 5.82. The Hall–Kier alpha value is -1.15. The van der Waals surface area contributed by atoms with Crippen LogP contribution in [0, 0.1) is 0 Å². The second-order valence-corrected chi connectivity index (χ2v) is 7.36. The van der Waals surface area contributed by atoms with Crippen LogP contribution in [0.5, 0.6) is 0 Å². The van der Waals surface area contributed by atoms with Crippen molar-refractivity contribution in [2.24, 2.45) is 0 Å². The second kappa shape index (κ2) is 8.33. The number of rotatable bonds is 7. The van der Waals surface area contributed by atoms with Crippen LogP contribution in [-0.4, -0.2) is 68.9 Å². The first-order valence-corrected chi connectivity index (χ1v) is 9.18. The number of sulfone groups is 1. The van der Waals surface area contributed by atoms with Crippen LogP contribution in [0.3, 0.4) is 0 Å². The summed E-state index contributed by atoms with van der Waals surface area (Å²) >= 11 is 0. The first kappa shape index (κ1) is 17.9. The SMILES string of the molecule is CCN(CC)C(=O)CCNC(=O)CC1CS(=O)(=O)CCN1. The van der Waals surface area contributed by atoms with Crippen LogP contribution in [0.2, 0.25) is 0 Å². The molecule has 0 saturated carbocycles. The lowest BCUT2D eigenvalue weighted by molar-refractivity contribution is -0.130. The molecule has 0 aliphatic carbocycles. The molecule has 1 atom stereocenters. The van der Waals surface area contributed by atoms with Crippen molar-refractivity contribution < 1.29 is 18.0 Å². The number of carbonyl (C=O) groups is 2. The van der Waals surface area contributed by atoms with E-state index < -0.39 is 9.84 Å². The lowest BCUT2D eigenvalue weighted by atomic mass is 10.2. The largest absolute Gasteiger partial charge is 0.356 e. The van der Waals surface area contributed by atoms with Crippen LogP contribution in [-0.2, 0) is 19.4 Å². The Kier molecular flexibility index (Phi) is 7.10. The Morgan fingerprint density at radius 3 is 2.52 bits per heavy atom. The van der Waals surface area contributed by atoms with Crippen molar-refractivity contribution in [1.29, 1.82) is 0 Å². The minimum Gasteiger partial charge on any atom is -0.356 e. The standard InChI is InChI=1S/C13H25N3O4S/c1-3-16(4-2)13(18)5-6-15-12(17)9-11-10-21(19,20)8-7-14-11/h11,14H,3-10H2,1-2H3,(H,15,17). The van der Waals surface area contributed by atoms with Crippen molar-refractivity contribution in [3.8, 4) is 0 Å². The summed E-state index contributed by atoms with van der Waals surface area (Å²) in [4.78, 5) is 25.2. The second-order valence-electron chi connectivity index (χ2n) is 5.14. The zero-order chi connectivity index (χ0) is 15.9. The predicted molar refractivity (Wildman–Crippen MR) is 80.6 cm³/mol. The molecule has 0 aromatic carbocycles. The van der Waals surface area contributed by atoms with Crippen LogP contribution in [0.25, 0.3) is 0 Å². The van der Waals surface area contributed by atoms with Crippen LogP contribution >= 0.6 is 0 Å². The minimum absolute atomic E-state index is 0.00119. The molecule has 0 spiro atoms. The molecule has 0 aromatic heterocycles. The number of amides is 2. The van der Waals surface area contributed by atoms with Gasteiger partial charge in [0.2, 0.25) is 11.8 Å². The van der Waals surface area contributed by atoms with Gasteiger partial charge in [0.25, 0.3) is 0 Å². The van der Waals surface area contributed by atoms with Gasteiger partial charge in [0.1, 0.15) is 0 Å².